The molecule has 3 aromatic rings. The van der Waals surface area contributed by atoms with Gasteiger partial charge in [0.25, 0.3) is 0 Å². The molecule has 0 unspecified atom stereocenters. The van der Waals surface area contributed by atoms with Crippen LogP contribution in [0.25, 0.3) is 11.0 Å². The van der Waals surface area contributed by atoms with Gasteiger partial charge in [-0.1, -0.05) is 11.6 Å². The van der Waals surface area contributed by atoms with Crippen LogP contribution in [0.15, 0.2) is 45.9 Å². The summed E-state index contributed by atoms with van der Waals surface area (Å²) >= 11 is 5.93. The third-order valence-electron chi connectivity index (χ3n) is 3.49. The number of hydrogen-bond donors (Lipinski definition) is 1. The largest absolute Gasteiger partial charge is 0.506 e. The fraction of sp³-hybridized carbons (Fsp3) is 0.125. The molecule has 106 valence electrons. The molecule has 0 amide bonds. The van der Waals surface area contributed by atoms with Gasteiger partial charge in [-0.3, -0.25) is 4.98 Å². The van der Waals surface area contributed by atoms with Crippen LogP contribution in [0.3, 0.4) is 0 Å². The van der Waals surface area contributed by atoms with Crippen molar-refractivity contribution in [1.82, 2.24) is 4.98 Å². The number of aryl methyl sites for hydroxylation is 1. The Labute approximate surface area is 125 Å². The maximum absolute atomic E-state index is 12.2. The highest BCUT2D eigenvalue weighted by atomic mass is 35.5. The molecule has 2 heterocycles. The van der Waals surface area contributed by atoms with Crippen molar-refractivity contribution in [2.45, 2.75) is 13.3 Å². The van der Waals surface area contributed by atoms with E-state index in [1.807, 2.05) is 19.1 Å². The molecule has 0 aliphatic heterocycles. The van der Waals surface area contributed by atoms with Crippen molar-refractivity contribution in [2.75, 3.05) is 0 Å². The molecule has 0 radical (unpaired) electrons. The smallest absolute Gasteiger partial charge is 0.340 e. The molecule has 1 N–H and O–H groups in total. The maximum Gasteiger partial charge on any atom is 0.340 e. The summed E-state index contributed by atoms with van der Waals surface area (Å²) in [7, 11) is 0. The molecule has 0 saturated carbocycles. The number of aromatic nitrogens is 1. The number of aromatic hydroxyl groups is 1. The van der Waals surface area contributed by atoms with E-state index in [-0.39, 0.29) is 10.8 Å². The third kappa shape index (κ3) is 2.50. The first kappa shape index (κ1) is 13.6. The summed E-state index contributed by atoms with van der Waals surface area (Å²) in [5, 5.41) is 10.6. The predicted octanol–water partition coefficient (Wildman–Crippen LogP) is 3.45. The van der Waals surface area contributed by atoms with Crippen LogP contribution in [-0.4, -0.2) is 10.1 Å². The van der Waals surface area contributed by atoms with Crippen LogP contribution in [-0.2, 0) is 6.42 Å². The lowest BCUT2D eigenvalue weighted by molar-refractivity contribution is 0.473. The van der Waals surface area contributed by atoms with Gasteiger partial charge in [-0.2, -0.15) is 0 Å². The molecule has 0 spiro atoms. The van der Waals surface area contributed by atoms with E-state index in [4.69, 9.17) is 16.0 Å². The van der Waals surface area contributed by atoms with Crippen LogP contribution >= 0.6 is 11.6 Å². The molecule has 5 heteroatoms. The second-order valence-corrected chi connectivity index (χ2v) is 5.23. The van der Waals surface area contributed by atoms with E-state index < -0.39 is 5.63 Å². The summed E-state index contributed by atoms with van der Waals surface area (Å²) in [5.74, 6) is -0.103. The first-order valence-electron chi connectivity index (χ1n) is 6.40. The summed E-state index contributed by atoms with van der Waals surface area (Å²) in [6.07, 6.45) is 3.83. The Morgan fingerprint density at radius 2 is 2.00 bits per heavy atom. The van der Waals surface area contributed by atoms with Gasteiger partial charge in [-0.05, 0) is 36.2 Å². The van der Waals surface area contributed by atoms with Crippen molar-refractivity contribution in [3.63, 3.8) is 0 Å². The molecule has 2 aromatic heterocycles. The highest BCUT2D eigenvalue weighted by molar-refractivity contribution is 6.32. The van der Waals surface area contributed by atoms with Crippen LogP contribution in [0.1, 0.15) is 16.7 Å². The van der Waals surface area contributed by atoms with E-state index in [9.17, 15) is 9.90 Å². The Bertz CT molecular complexity index is 872. The Hall–Kier alpha value is -2.33. The number of nitrogens with zero attached hydrogens (tertiary/aromatic N) is 1. The van der Waals surface area contributed by atoms with Crippen molar-refractivity contribution in [1.29, 1.82) is 0 Å². The molecule has 0 aliphatic rings. The van der Waals surface area contributed by atoms with Crippen molar-refractivity contribution < 1.29 is 9.52 Å². The van der Waals surface area contributed by atoms with Crippen LogP contribution in [0, 0.1) is 6.92 Å². The summed E-state index contributed by atoms with van der Waals surface area (Å²) in [5.41, 5.74) is 2.29. The molecule has 21 heavy (non-hydrogen) atoms. The summed E-state index contributed by atoms with van der Waals surface area (Å²) in [6, 6.07) is 6.68. The zero-order chi connectivity index (χ0) is 15.0. The third-order valence-corrected chi connectivity index (χ3v) is 3.79. The Morgan fingerprint density at radius 1 is 1.29 bits per heavy atom. The number of hydrogen-bond acceptors (Lipinski definition) is 4. The minimum Gasteiger partial charge on any atom is -0.506 e. The minimum absolute atomic E-state index is 0.103. The van der Waals surface area contributed by atoms with Gasteiger partial charge in [0.2, 0.25) is 0 Å². The normalized spacial score (nSPS) is 11.0. The number of phenols is 1. The molecule has 0 atom stereocenters. The van der Waals surface area contributed by atoms with Crippen molar-refractivity contribution in [3.05, 3.63) is 68.8 Å². The van der Waals surface area contributed by atoms with E-state index >= 15 is 0 Å². The second kappa shape index (κ2) is 5.22. The number of halogens is 1. The topological polar surface area (TPSA) is 63.3 Å². The van der Waals surface area contributed by atoms with Crippen molar-refractivity contribution in [3.8, 4) is 5.75 Å². The Balaban J connectivity index is 2.20. The number of pyridine rings is 1. The van der Waals surface area contributed by atoms with Crippen LogP contribution in [0.5, 0.6) is 5.75 Å². The zero-order valence-corrected chi connectivity index (χ0v) is 12.0. The summed E-state index contributed by atoms with van der Waals surface area (Å²) < 4.78 is 5.29. The predicted molar refractivity (Wildman–Crippen MR) is 80.9 cm³/mol. The average Bonchev–Trinajstić information content (AvgIpc) is 2.47. The van der Waals surface area contributed by atoms with Gasteiger partial charge in [-0.15, -0.1) is 0 Å². The quantitative estimate of drug-likeness (QED) is 0.736. The molecule has 0 aliphatic carbocycles. The molecule has 0 fully saturated rings. The van der Waals surface area contributed by atoms with Gasteiger partial charge in [0, 0.05) is 35.8 Å². The highest BCUT2D eigenvalue weighted by Crippen LogP contribution is 2.31. The molecule has 0 bridgehead atoms. The van der Waals surface area contributed by atoms with Gasteiger partial charge >= 0.3 is 5.63 Å². The number of rotatable bonds is 2. The lowest BCUT2D eigenvalue weighted by Crippen LogP contribution is -2.11. The molecule has 0 saturated heterocycles. The molecular weight excluding hydrogens is 290 g/mol. The van der Waals surface area contributed by atoms with E-state index in [1.165, 1.54) is 6.07 Å². The first-order chi connectivity index (χ1) is 10.1. The standard InChI is InChI=1S/C16H12ClNO3/c1-9-11-7-13(17)14(19)8-15(11)21-16(20)12(9)6-10-2-4-18-5-3-10/h2-5,7-8,19H,6H2,1H3. The van der Waals surface area contributed by atoms with Gasteiger partial charge in [-0.25, -0.2) is 4.79 Å². The molecular formula is C16H12ClNO3. The number of fused-ring (bicyclic) bond motifs is 1. The number of phenolic OH excluding ortho intramolecular Hbond substituents is 1. The van der Waals surface area contributed by atoms with Crippen LogP contribution in [0.2, 0.25) is 5.02 Å². The second-order valence-electron chi connectivity index (χ2n) is 4.83. The van der Waals surface area contributed by atoms with Crippen molar-refractivity contribution >= 4 is 22.6 Å². The molecule has 4 nitrogen and oxygen atoms in total. The average molecular weight is 302 g/mol. The van der Waals surface area contributed by atoms with E-state index in [0.717, 1.165) is 16.5 Å². The Morgan fingerprint density at radius 3 is 2.71 bits per heavy atom. The van der Waals surface area contributed by atoms with Crippen molar-refractivity contribution in [2.24, 2.45) is 0 Å². The molecule has 3 rings (SSSR count). The maximum atomic E-state index is 12.2. The Kier molecular flexibility index (Phi) is 3.39. The van der Waals surface area contributed by atoms with E-state index in [2.05, 4.69) is 4.98 Å². The molecule has 1 aromatic carbocycles. The summed E-state index contributed by atoms with van der Waals surface area (Å²) in [4.78, 5) is 16.1. The van der Waals surface area contributed by atoms with E-state index in [1.54, 1.807) is 18.5 Å². The van der Waals surface area contributed by atoms with Gasteiger partial charge in [0.1, 0.15) is 11.3 Å². The minimum atomic E-state index is -0.404. The summed E-state index contributed by atoms with van der Waals surface area (Å²) in [6.45, 7) is 1.85. The van der Waals surface area contributed by atoms with Gasteiger partial charge < -0.3 is 9.52 Å². The zero-order valence-electron chi connectivity index (χ0n) is 11.3. The SMILES string of the molecule is Cc1c(Cc2ccncc2)c(=O)oc2cc(O)c(Cl)cc12. The highest BCUT2D eigenvalue weighted by Gasteiger charge is 2.14. The van der Waals surface area contributed by atoms with Gasteiger partial charge in [0.15, 0.2) is 0 Å². The van der Waals surface area contributed by atoms with Crippen LogP contribution < -0.4 is 5.63 Å². The van der Waals surface area contributed by atoms with Gasteiger partial charge in [0.05, 0.1) is 5.02 Å². The van der Waals surface area contributed by atoms with E-state index in [0.29, 0.717) is 17.6 Å². The lowest BCUT2D eigenvalue weighted by atomic mass is 10.0. The first-order valence-corrected chi connectivity index (χ1v) is 6.78. The lowest BCUT2D eigenvalue weighted by Gasteiger charge is -2.08. The fourth-order valence-corrected chi connectivity index (χ4v) is 2.47. The fourth-order valence-electron chi connectivity index (χ4n) is 2.31. The monoisotopic (exact) mass is 301 g/mol. The number of benzene rings is 1. The van der Waals surface area contributed by atoms with Crippen LogP contribution in [0.4, 0.5) is 0 Å².